The summed E-state index contributed by atoms with van der Waals surface area (Å²) in [5.41, 5.74) is 0.714. The van der Waals surface area contributed by atoms with Crippen LogP contribution < -0.4 is 4.74 Å². The highest BCUT2D eigenvalue weighted by atomic mass is 19.3. The fourth-order valence-corrected chi connectivity index (χ4v) is 7.59. The van der Waals surface area contributed by atoms with Crippen molar-refractivity contribution < 1.29 is 26.7 Å². The number of halogens is 5. The van der Waals surface area contributed by atoms with Crippen LogP contribution in [0.4, 0.5) is 22.0 Å². The van der Waals surface area contributed by atoms with Crippen molar-refractivity contribution in [3.8, 4) is 5.75 Å². The summed E-state index contributed by atoms with van der Waals surface area (Å²) in [6, 6.07) is 2.82. The molecule has 6 heteroatoms. The standard InChI is InChI=1S/C30H43F5O/c1-36-29-27(32)17-25(18-28(29)33)24-12-10-23(11-13-24)22-8-4-21(5-9-22)19-30(34,35)26-14-6-20(7-15-26)3-2-16-31/h17-18,20-24,26H,2-16,19H2,1H3. The van der Waals surface area contributed by atoms with Gasteiger partial charge >= 0.3 is 0 Å². The molecule has 1 aromatic carbocycles. The summed E-state index contributed by atoms with van der Waals surface area (Å²) in [6.07, 6.45) is 12.0. The minimum absolute atomic E-state index is 0.0286. The molecule has 36 heavy (non-hydrogen) atoms. The Morgan fingerprint density at radius 3 is 1.83 bits per heavy atom. The van der Waals surface area contributed by atoms with Crippen molar-refractivity contribution in [3.63, 3.8) is 0 Å². The largest absolute Gasteiger partial charge is 0.491 e. The Balaban J connectivity index is 1.20. The lowest BCUT2D eigenvalue weighted by Gasteiger charge is -2.40. The van der Waals surface area contributed by atoms with Gasteiger partial charge in [-0.15, -0.1) is 0 Å². The minimum Gasteiger partial charge on any atom is -0.491 e. The molecule has 0 radical (unpaired) electrons. The average molecular weight is 515 g/mol. The van der Waals surface area contributed by atoms with E-state index >= 15 is 8.78 Å². The Labute approximate surface area is 213 Å². The molecule has 1 aromatic rings. The van der Waals surface area contributed by atoms with E-state index in [4.69, 9.17) is 4.74 Å². The smallest absolute Gasteiger partial charge is 0.251 e. The lowest BCUT2D eigenvalue weighted by Crippen LogP contribution is -2.35. The first-order chi connectivity index (χ1) is 17.3. The quantitative estimate of drug-likeness (QED) is 0.298. The molecule has 3 fully saturated rings. The fraction of sp³-hybridized carbons (Fsp3) is 0.800. The number of hydrogen-bond donors (Lipinski definition) is 0. The first kappa shape index (κ1) is 27.7. The summed E-state index contributed by atoms with van der Waals surface area (Å²) in [7, 11) is 1.27. The molecular formula is C30H43F5O. The van der Waals surface area contributed by atoms with Crippen LogP contribution in [0, 0.1) is 41.2 Å². The van der Waals surface area contributed by atoms with Gasteiger partial charge in [-0.2, -0.15) is 0 Å². The highest BCUT2D eigenvalue weighted by Gasteiger charge is 2.43. The molecule has 3 aliphatic carbocycles. The van der Waals surface area contributed by atoms with Crippen LogP contribution in [0.15, 0.2) is 12.1 Å². The molecule has 3 saturated carbocycles. The van der Waals surface area contributed by atoms with Gasteiger partial charge in [0.1, 0.15) is 0 Å². The number of methoxy groups -OCH3 is 1. The Morgan fingerprint density at radius 2 is 1.31 bits per heavy atom. The Hall–Kier alpha value is -1.33. The highest BCUT2D eigenvalue weighted by molar-refractivity contribution is 5.33. The van der Waals surface area contributed by atoms with E-state index in [2.05, 4.69) is 0 Å². The molecule has 0 N–H and O–H groups in total. The van der Waals surface area contributed by atoms with Crippen molar-refractivity contribution >= 4 is 0 Å². The van der Waals surface area contributed by atoms with Crippen LogP contribution >= 0.6 is 0 Å². The molecule has 204 valence electrons. The van der Waals surface area contributed by atoms with Crippen molar-refractivity contribution in [2.24, 2.45) is 29.6 Å². The summed E-state index contributed by atoms with van der Waals surface area (Å²) in [4.78, 5) is 0. The van der Waals surface area contributed by atoms with Crippen LogP contribution in [-0.4, -0.2) is 19.7 Å². The SMILES string of the molecule is COc1c(F)cc(C2CCC(C3CCC(CC(F)(F)C4CCC(CCCF)CC4)CC3)CC2)cc1F. The van der Waals surface area contributed by atoms with E-state index < -0.39 is 23.5 Å². The number of ether oxygens (including phenoxy) is 1. The van der Waals surface area contributed by atoms with E-state index in [1.54, 1.807) is 0 Å². The lowest BCUT2D eigenvalue weighted by atomic mass is 9.67. The maximum atomic E-state index is 15.1. The second-order valence-corrected chi connectivity index (χ2v) is 11.9. The zero-order valence-corrected chi connectivity index (χ0v) is 21.7. The predicted molar refractivity (Wildman–Crippen MR) is 133 cm³/mol. The van der Waals surface area contributed by atoms with Gasteiger partial charge < -0.3 is 4.74 Å². The van der Waals surface area contributed by atoms with Gasteiger partial charge in [-0.25, -0.2) is 17.6 Å². The van der Waals surface area contributed by atoms with E-state index in [-0.39, 0.29) is 30.7 Å². The highest BCUT2D eigenvalue weighted by Crippen LogP contribution is 2.48. The Kier molecular flexibility index (Phi) is 9.60. The molecule has 4 rings (SSSR count). The number of benzene rings is 1. The van der Waals surface area contributed by atoms with E-state index in [0.29, 0.717) is 42.6 Å². The third-order valence-electron chi connectivity index (χ3n) is 9.78. The fourth-order valence-electron chi connectivity index (χ4n) is 7.59. The third-order valence-corrected chi connectivity index (χ3v) is 9.78. The normalized spacial score (nSPS) is 31.8. The number of hydrogen-bond acceptors (Lipinski definition) is 1. The zero-order valence-electron chi connectivity index (χ0n) is 21.7. The minimum atomic E-state index is -2.58. The van der Waals surface area contributed by atoms with Crippen LogP contribution in [-0.2, 0) is 0 Å². The number of rotatable bonds is 9. The molecule has 0 bridgehead atoms. The van der Waals surface area contributed by atoms with Gasteiger partial charge in [0.05, 0.1) is 13.8 Å². The first-order valence-corrected chi connectivity index (χ1v) is 14.3. The molecule has 0 spiro atoms. The maximum Gasteiger partial charge on any atom is 0.251 e. The topological polar surface area (TPSA) is 9.23 Å². The zero-order chi connectivity index (χ0) is 25.7. The van der Waals surface area contributed by atoms with Crippen LogP contribution in [0.25, 0.3) is 0 Å². The van der Waals surface area contributed by atoms with E-state index in [0.717, 1.165) is 70.6 Å². The lowest BCUT2D eigenvalue weighted by molar-refractivity contribution is -0.0968. The summed E-state index contributed by atoms with van der Waals surface area (Å²) >= 11 is 0. The summed E-state index contributed by atoms with van der Waals surface area (Å²) < 4.78 is 75.7. The second kappa shape index (κ2) is 12.5. The Bertz CT molecular complexity index is 796. The van der Waals surface area contributed by atoms with Crippen LogP contribution in [0.1, 0.15) is 108 Å². The summed E-state index contributed by atoms with van der Waals surface area (Å²) in [5.74, 6) is -2.80. The molecule has 0 amide bonds. The van der Waals surface area contributed by atoms with Gasteiger partial charge in [0.2, 0.25) is 0 Å². The molecule has 3 aliphatic rings. The van der Waals surface area contributed by atoms with Crippen molar-refractivity contribution in [3.05, 3.63) is 29.3 Å². The average Bonchev–Trinajstić information content (AvgIpc) is 2.88. The molecule has 0 atom stereocenters. The van der Waals surface area contributed by atoms with Crippen LogP contribution in [0.2, 0.25) is 0 Å². The van der Waals surface area contributed by atoms with Gasteiger partial charge in [-0.3, -0.25) is 4.39 Å². The van der Waals surface area contributed by atoms with E-state index in [9.17, 15) is 13.2 Å². The van der Waals surface area contributed by atoms with Crippen molar-refractivity contribution in [2.45, 2.75) is 108 Å². The van der Waals surface area contributed by atoms with Crippen molar-refractivity contribution in [1.82, 2.24) is 0 Å². The van der Waals surface area contributed by atoms with E-state index in [1.807, 2.05) is 0 Å². The van der Waals surface area contributed by atoms with Crippen LogP contribution in [0.3, 0.4) is 0 Å². The Morgan fingerprint density at radius 1 is 0.778 bits per heavy atom. The predicted octanol–water partition coefficient (Wildman–Crippen LogP) is 9.64. The van der Waals surface area contributed by atoms with Gasteiger partial charge in [-0.05, 0) is 137 Å². The molecule has 0 heterocycles. The molecule has 0 unspecified atom stereocenters. The maximum absolute atomic E-state index is 15.1. The molecule has 0 aromatic heterocycles. The van der Waals surface area contributed by atoms with Gasteiger partial charge in [0.15, 0.2) is 17.4 Å². The van der Waals surface area contributed by atoms with Gasteiger partial charge in [-0.1, -0.05) is 0 Å². The summed E-state index contributed by atoms with van der Waals surface area (Å²) in [5, 5.41) is 0. The van der Waals surface area contributed by atoms with Crippen molar-refractivity contribution in [1.29, 1.82) is 0 Å². The second-order valence-electron chi connectivity index (χ2n) is 11.9. The summed E-state index contributed by atoms with van der Waals surface area (Å²) in [6.45, 7) is -0.303. The molecule has 0 aliphatic heterocycles. The van der Waals surface area contributed by atoms with Crippen molar-refractivity contribution in [2.75, 3.05) is 13.8 Å². The molecule has 0 saturated heterocycles. The van der Waals surface area contributed by atoms with Gasteiger partial charge in [0.25, 0.3) is 5.92 Å². The molecular weight excluding hydrogens is 471 g/mol. The van der Waals surface area contributed by atoms with Gasteiger partial charge in [0, 0.05) is 12.3 Å². The first-order valence-electron chi connectivity index (χ1n) is 14.3. The third kappa shape index (κ3) is 6.75. The molecule has 1 nitrogen and oxygen atoms in total. The number of alkyl halides is 3. The monoisotopic (exact) mass is 514 g/mol. The van der Waals surface area contributed by atoms with E-state index in [1.165, 1.54) is 19.2 Å². The van der Waals surface area contributed by atoms with Crippen LogP contribution in [0.5, 0.6) is 5.75 Å².